The lowest BCUT2D eigenvalue weighted by atomic mass is 9.74. The molecule has 2 nitrogen and oxygen atoms in total. The molecular weight excluding hydrogens is 139 g/mol. The van der Waals surface area contributed by atoms with Crippen molar-refractivity contribution in [2.24, 2.45) is 0 Å². The van der Waals surface area contributed by atoms with Gasteiger partial charge in [-0.3, -0.25) is 0 Å². The summed E-state index contributed by atoms with van der Waals surface area (Å²) in [6.45, 7) is -6.03. The van der Waals surface area contributed by atoms with Gasteiger partial charge in [-0.25, -0.2) is 0 Å². The highest BCUT2D eigenvalue weighted by Gasteiger charge is 2.15. The van der Waals surface area contributed by atoms with Crippen LogP contribution in [0.1, 0.15) is 23.5 Å². The summed E-state index contributed by atoms with van der Waals surface area (Å²) in [7, 11) is -2.48. The van der Waals surface area contributed by atoms with Gasteiger partial charge in [0.15, 0.2) is 0 Å². The number of benzene rings is 1. The molecule has 0 aliphatic rings. The van der Waals surface area contributed by atoms with Crippen LogP contribution < -0.4 is 5.46 Å². The molecule has 1 aromatic rings. The number of rotatable bonds is 1. The molecule has 0 saturated heterocycles. The van der Waals surface area contributed by atoms with Gasteiger partial charge in [-0.2, -0.15) is 0 Å². The van der Waals surface area contributed by atoms with Gasteiger partial charge >= 0.3 is 7.12 Å². The largest absolute Gasteiger partial charge is 0.488 e. The molecule has 0 saturated carbocycles. The van der Waals surface area contributed by atoms with Crippen LogP contribution >= 0.6 is 0 Å². The second kappa shape index (κ2) is 3.07. The minimum absolute atomic E-state index is 0.883. The molecule has 0 spiro atoms. The standard InChI is InChI=1S/C8H11BO2/c1-6-4-3-5-7(2)8(6)9(10)11/h3-5,10-11H,1-2H3/i1D3,2D3,3D,4D,5D. The third-order valence-corrected chi connectivity index (χ3v) is 1.17. The van der Waals surface area contributed by atoms with Crippen LogP contribution in [0, 0.1) is 13.7 Å². The topological polar surface area (TPSA) is 40.5 Å². The zero-order valence-electron chi connectivity index (χ0n) is 14.5. The molecule has 0 fully saturated rings. The van der Waals surface area contributed by atoms with Gasteiger partial charge in [0.2, 0.25) is 0 Å². The molecule has 58 valence electrons. The Kier molecular flexibility index (Phi) is 0.655. The fraction of sp³-hybridized carbons (Fsp3) is 0.250. The van der Waals surface area contributed by atoms with E-state index in [2.05, 4.69) is 0 Å². The van der Waals surface area contributed by atoms with Crippen molar-refractivity contribution in [3.05, 3.63) is 29.3 Å². The Morgan fingerprint density at radius 3 is 2.27 bits per heavy atom. The summed E-state index contributed by atoms with van der Waals surface area (Å²) in [5.41, 5.74) is -2.78. The summed E-state index contributed by atoms with van der Waals surface area (Å²) < 4.78 is 66.3. The lowest BCUT2D eigenvalue weighted by Gasteiger charge is -2.06. The summed E-state index contributed by atoms with van der Waals surface area (Å²) in [4.78, 5) is 0. The maximum atomic E-state index is 9.28. The summed E-state index contributed by atoms with van der Waals surface area (Å²) in [5, 5.41) is 18.6. The van der Waals surface area contributed by atoms with Gasteiger partial charge in [-0.1, -0.05) is 29.3 Å². The van der Waals surface area contributed by atoms with Crippen molar-refractivity contribution in [1.29, 1.82) is 0 Å². The highest BCUT2D eigenvalue weighted by atomic mass is 16.4. The second-order valence-electron chi connectivity index (χ2n) is 1.91. The van der Waals surface area contributed by atoms with Gasteiger partial charge in [-0.05, 0) is 19.2 Å². The Labute approximate surface area is 79.3 Å². The Bertz CT molecular complexity index is 493. The third kappa shape index (κ3) is 1.61. The first-order chi connectivity index (χ1) is 8.80. The maximum absolute atomic E-state index is 9.28. The van der Waals surface area contributed by atoms with Crippen LogP contribution in [0.4, 0.5) is 0 Å². The van der Waals surface area contributed by atoms with Gasteiger partial charge < -0.3 is 10.0 Å². The molecule has 0 radical (unpaired) electrons. The normalized spacial score (nSPS) is 24.0. The molecule has 2 N–H and O–H groups in total. The van der Waals surface area contributed by atoms with Crippen LogP contribution in [0.3, 0.4) is 0 Å². The molecule has 0 atom stereocenters. The number of hydrogen-bond acceptors (Lipinski definition) is 2. The van der Waals surface area contributed by atoms with Crippen LogP contribution in [0.5, 0.6) is 0 Å². The molecule has 0 aromatic heterocycles. The first-order valence-corrected chi connectivity index (χ1v) is 2.81. The van der Waals surface area contributed by atoms with E-state index in [-0.39, 0.29) is 0 Å². The first-order valence-electron chi connectivity index (χ1n) is 7.31. The van der Waals surface area contributed by atoms with Gasteiger partial charge in [0, 0.05) is 8.22 Å². The van der Waals surface area contributed by atoms with E-state index in [9.17, 15) is 10.0 Å². The van der Waals surface area contributed by atoms with Gasteiger partial charge in [0.1, 0.15) is 0 Å². The zero-order valence-corrected chi connectivity index (χ0v) is 5.47. The van der Waals surface area contributed by atoms with E-state index in [1.54, 1.807) is 0 Å². The fourth-order valence-electron chi connectivity index (χ4n) is 0.674. The summed E-state index contributed by atoms with van der Waals surface area (Å²) in [6, 6.07) is -2.70. The Morgan fingerprint density at radius 2 is 1.91 bits per heavy atom. The molecule has 0 aliphatic carbocycles. The van der Waals surface area contributed by atoms with E-state index in [1.165, 1.54) is 0 Å². The third-order valence-electron chi connectivity index (χ3n) is 1.17. The molecule has 0 unspecified atom stereocenters. The molecule has 0 amide bonds. The predicted molar refractivity (Wildman–Crippen MR) is 45.7 cm³/mol. The van der Waals surface area contributed by atoms with Crippen molar-refractivity contribution >= 4 is 12.6 Å². The second-order valence-corrected chi connectivity index (χ2v) is 1.91. The van der Waals surface area contributed by atoms with E-state index in [1.807, 2.05) is 0 Å². The monoisotopic (exact) mass is 159 g/mol. The molecule has 0 aliphatic heterocycles. The SMILES string of the molecule is [2H]c1c([2H])c(C([2H])([2H])[2H])c(B(O)O)c(C([2H])([2H])[2H])c1[2H]. The average molecular weight is 159 g/mol. The highest BCUT2D eigenvalue weighted by Crippen LogP contribution is 1.99. The van der Waals surface area contributed by atoms with Crippen molar-refractivity contribution in [3.8, 4) is 0 Å². The Balaban J connectivity index is 4.01. The van der Waals surface area contributed by atoms with E-state index in [0.29, 0.717) is 0 Å². The highest BCUT2D eigenvalue weighted by molar-refractivity contribution is 6.59. The molecule has 11 heavy (non-hydrogen) atoms. The van der Waals surface area contributed by atoms with E-state index >= 15 is 0 Å². The lowest BCUT2D eigenvalue weighted by molar-refractivity contribution is 0.425. The van der Waals surface area contributed by atoms with Crippen molar-refractivity contribution in [2.45, 2.75) is 13.7 Å². The maximum Gasteiger partial charge on any atom is 0.488 e. The van der Waals surface area contributed by atoms with Crippen LogP contribution in [0.2, 0.25) is 0 Å². The molecule has 3 heteroatoms. The van der Waals surface area contributed by atoms with E-state index in [0.717, 1.165) is 0 Å². The molecular formula is C8H11BO2. The minimum Gasteiger partial charge on any atom is -0.423 e. The summed E-state index contributed by atoms with van der Waals surface area (Å²) in [6.07, 6.45) is 0. The molecule has 1 rings (SSSR count). The van der Waals surface area contributed by atoms with E-state index in [4.69, 9.17) is 12.3 Å². The zero-order chi connectivity index (χ0) is 16.0. The van der Waals surface area contributed by atoms with Crippen LogP contribution in [-0.4, -0.2) is 17.2 Å². The molecule has 0 bridgehead atoms. The quantitative estimate of drug-likeness (QED) is 0.565. The smallest absolute Gasteiger partial charge is 0.423 e. The van der Waals surface area contributed by atoms with Crippen molar-refractivity contribution in [2.75, 3.05) is 0 Å². The summed E-state index contributed by atoms with van der Waals surface area (Å²) in [5.74, 6) is 0. The average Bonchev–Trinajstić information content (AvgIpc) is 2.21. The van der Waals surface area contributed by atoms with Gasteiger partial charge in [0.25, 0.3) is 0 Å². The van der Waals surface area contributed by atoms with Gasteiger partial charge in [-0.15, -0.1) is 0 Å². The van der Waals surface area contributed by atoms with Crippen LogP contribution in [0.25, 0.3) is 0 Å². The Morgan fingerprint density at radius 1 is 1.36 bits per heavy atom. The van der Waals surface area contributed by atoms with Crippen molar-refractivity contribution in [1.82, 2.24) is 0 Å². The minimum atomic E-state index is -3.01. The summed E-state index contributed by atoms with van der Waals surface area (Å²) >= 11 is 0. The van der Waals surface area contributed by atoms with Crippen LogP contribution in [-0.2, 0) is 0 Å². The van der Waals surface area contributed by atoms with Crippen molar-refractivity contribution < 1.29 is 22.4 Å². The number of hydrogen-bond donors (Lipinski definition) is 2. The predicted octanol–water partition coefficient (Wildman–Crippen LogP) is -0.0168. The van der Waals surface area contributed by atoms with Gasteiger partial charge in [0.05, 0.1) is 4.11 Å². The molecule has 1 aromatic carbocycles. The Hall–Kier alpha value is -0.795. The lowest BCUT2D eigenvalue weighted by Crippen LogP contribution is -2.34. The van der Waals surface area contributed by atoms with E-state index < -0.39 is 55.5 Å². The fourth-order valence-corrected chi connectivity index (χ4v) is 0.674. The van der Waals surface area contributed by atoms with Crippen LogP contribution in [0.15, 0.2) is 18.1 Å². The van der Waals surface area contributed by atoms with Crippen molar-refractivity contribution in [3.63, 3.8) is 0 Å². The molecule has 0 heterocycles. The first kappa shape index (κ1) is 2.34.